The molecule has 0 radical (unpaired) electrons. The van der Waals surface area contributed by atoms with Gasteiger partial charge in [-0.15, -0.1) is 0 Å². The number of hydrogen-bond donors (Lipinski definition) is 0. The van der Waals surface area contributed by atoms with E-state index in [1.807, 2.05) is 42.6 Å². The van der Waals surface area contributed by atoms with E-state index < -0.39 is 5.41 Å². The van der Waals surface area contributed by atoms with Gasteiger partial charge in [0.25, 0.3) is 0 Å². The van der Waals surface area contributed by atoms with E-state index in [9.17, 15) is 0 Å². The van der Waals surface area contributed by atoms with E-state index in [4.69, 9.17) is 19.4 Å². The number of rotatable bonds is 6. The lowest BCUT2D eigenvalue weighted by molar-refractivity contribution is 0.625. The summed E-state index contributed by atoms with van der Waals surface area (Å²) in [6.07, 6.45) is 3.65. The molecule has 0 fully saturated rings. The van der Waals surface area contributed by atoms with Crippen LogP contribution in [-0.2, 0) is 5.41 Å². The van der Waals surface area contributed by atoms with Crippen LogP contribution in [0, 0.1) is 0 Å². The van der Waals surface area contributed by atoms with Crippen LogP contribution in [0.3, 0.4) is 0 Å². The van der Waals surface area contributed by atoms with E-state index >= 15 is 0 Å². The van der Waals surface area contributed by atoms with Crippen LogP contribution in [0.2, 0.25) is 0 Å². The number of hydrogen-bond acceptors (Lipinski definition) is 5. The average molecular weight is 667 g/mol. The van der Waals surface area contributed by atoms with Crippen LogP contribution in [0.4, 0.5) is 0 Å². The molecule has 5 heteroatoms. The minimum atomic E-state index is -0.538. The molecule has 52 heavy (non-hydrogen) atoms. The largest absolute Gasteiger partial charge is 0.453 e. The summed E-state index contributed by atoms with van der Waals surface area (Å²) < 4.78 is 6.35. The van der Waals surface area contributed by atoms with Gasteiger partial charge in [-0.25, -0.2) is 15.0 Å². The molecule has 0 aliphatic heterocycles. The number of pyridine rings is 1. The molecule has 0 amide bonds. The molecule has 0 N–H and O–H groups in total. The Labute approximate surface area is 301 Å². The van der Waals surface area contributed by atoms with Crippen molar-refractivity contribution in [3.8, 4) is 56.6 Å². The fourth-order valence-electron chi connectivity index (χ4n) is 7.85. The summed E-state index contributed by atoms with van der Waals surface area (Å²) in [6, 6.07) is 59.2. The molecule has 0 unspecified atom stereocenters. The maximum absolute atomic E-state index is 6.35. The van der Waals surface area contributed by atoms with Crippen LogP contribution < -0.4 is 0 Å². The van der Waals surface area contributed by atoms with Crippen molar-refractivity contribution in [1.29, 1.82) is 0 Å². The Bertz CT molecular complexity index is 2650. The van der Waals surface area contributed by atoms with Crippen molar-refractivity contribution in [2.24, 2.45) is 0 Å². The Balaban J connectivity index is 1.22. The first-order valence-electron chi connectivity index (χ1n) is 17.4. The maximum Gasteiger partial charge on any atom is 0.199 e. The molecule has 1 aliphatic carbocycles. The summed E-state index contributed by atoms with van der Waals surface area (Å²) in [6.45, 7) is 0. The maximum atomic E-state index is 6.35. The first-order valence-corrected chi connectivity index (χ1v) is 17.4. The first-order chi connectivity index (χ1) is 25.8. The van der Waals surface area contributed by atoms with Crippen LogP contribution >= 0.6 is 0 Å². The number of fused-ring (bicyclic) bond motifs is 4. The summed E-state index contributed by atoms with van der Waals surface area (Å²) >= 11 is 0. The van der Waals surface area contributed by atoms with Gasteiger partial charge >= 0.3 is 0 Å². The SMILES string of the molecule is c1ccc(C2(c3ccccc3)c3ccccc3-c3c(-c4nc(-c5ccc(-c6cccnc6)cc5)nc(-c5cc6ccccc6o5)n4)cccc32)cc1. The number of benzene rings is 6. The minimum absolute atomic E-state index is 0.480. The van der Waals surface area contributed by atoms with Gasteiger partial charge in [0.1, 0.15) is 5.58 Å². The Hall–Kier alpha value is -6.98. The molecule has 244 valence electrons. The second-order valence-electron chi connectivity index (χ2n) is 13.0. The normalized spacial score (nSPS) is 12.8. The summed E-state index contributed by atoms with van der Waals surface area (Å²) in [7, 11) is 0. The Morgan fingerprint density at radius 2 is 1.08 bits per heavy atom. The monoisotopic (exact) mass is 666 g/mol. The molecule has 3 aromatic heterocycles. The predicted octanol–water partition coefficient (Wildman–Crippen LogP) is 11.0. The molecule has 10 rings (SSSR count). The fourth-order valence-corrected chi connectivity index (χ4v) is 7.85. The average Bonchev–Trinajstić information content (AvgIpc) is 3.80. The zero-order chi connectivity index (χ0) is 34.5. The predicted molar refractivity (Wildman–Crippen MR) is 206 cm³/mol. The van der Waals surface area contributed by atoms with Crippen molar-refractivity contribution in [3.05, 3.63) is 205 Å². The number of para-hydroxylation sites is 1. The second-order valence-corrected chi connectivity index (χ2v) is 13.0. The third-order valence-corrected chi connectivity index (χ3v) is 10.1. The summed E-state index contributed by atoms with van der Waals surface area (Å²) in [5, 5.41) is 0.992. The van der Waals surface area contributed by atoms with Crippen LogP contribution in [0.25, 0.3) is 67.6 Å². The van der Waals surface area contributed by atoms with E-state index in [1.54, 1.807) is 6.20 Å². The Kier molecular flexibility index (Phi) is 6.96. The Morgan fingerprint density at radius 1 is 0.442 bits per heavy atom. The Morgan fingerprint density at radius 3 is 1.83 bits per heavy atom. The summed E-state index contributed by atoms with van der Waals surface area (Å²) in [5.74, 6) is 2.22. The number of aromatic nitrogens is 4. The van der Waals surface area contributed by atoms with Gasteiger partial charge in [0.2, 0.25) is 0 Å². The molecular formula is C47H30N4O. The zero-order valence-electron chi connectivity index (χ0n) is 28.0. The molecular weight excluding hydrogens is 637 g/mol. The fraction of sp³-hybridized carbons (Fsp3) is 0.0213. The highest BCUT2D eigenvalue weighted by molar-refractivity contribution is 5.94. The van der Waals surface area contributed by atoms with Crippen LogP contribution in [-0.4, -0.2) is 19.9 Å². The van der Waals surface area contributed by atoms with Gasteiger partial charge in [0, 0.05) is 28.9 Å². The van der Waals surface area contributed by atoms with Crippen molar-refractivity contribution in [3.63, 3.8) is 0 Å². The van der Waals surface area contributed by atoms with Crippen LogP contribution in [0.1, 0.15) is 22.3 Å². The van der Waals surface area contributed by atoms with Crippen LogP contribution in [0.5, 0.6) is 0 Å². The smallest absolute Gasteiger partial charge is 0.199 e. The third kappa shape index (κ3) is 4.71. The molecule has 0 atom stereocenters. The molecule has 0 saturated carbocycles. The minimum Gasteiger partial charge on any atom is -0.453 e. The topological polar surface area (TPSA) is 64.7 Å². The van der Waals surface area contributed by atoms with Crippen molar-refractivity contribution >= 4 is 11.0 Å². The molecule has 0 saturated heterocycles. The van der Waals surface area contributed by atoms with Gasteiger partial charge in [0.15, 0.2) is 23.2 Å². The summed E-state index contributed by atoms with van der Waals surface area (Å²) in [4.78, 5) is 19.7. The lowest BCUT2D eigenvalue weighted by atomic mass is 9.67. The zero-order valence-corrected chi connectivity index (χ0v) is 28.0. The van der Waals surface area contributed by atoms with Gasteiger partial charge in [-0.1, -0.05) is 152 Å². The lowest BCUT2D eigenvalue weighted by Crippen LogP contribution is -2.28. The molecule has 5 nitrogen and oxygen atoms in total. The van der Waals surface area contributed by atoms with E-state index in [-0.39, 0.29) is 0 Å². The molecule has 3 heterocycles. The van der Waals surface area contributed by atoms with E-state index in [1.165, 1.54) is 22.3 Å². The second kappa shape index (κ2) is 12.1. The number of nitrogens with zero attached hydrogens (tertiary/aromatic N) is 4. The van der Waals surface area contributed by atoms with Gasteiger partial charge < -0.3 is 4.42 Å². The van der Waals surface area contributed by atoms with Gasteiger partial charge in [-0.05, 0) is 62.7 Å². The lowest BCUT2D eigenvalue weighted by Gasteiger charge is -2.33. The molecule has 1 aliphatic rings. The molecule has 0 spiro atoms. The molecule has 6 aromatic carbocycles. The van der Waals surface area contributed by atoms with Crippen molar-refractivity contribution in [1.82, 2.24) is 19.9 Å². The van der Waals surface area contributed by atoms with Gasteiger partial charge in [-0.2, -0.15) is 0 Å². The van der Waals surface area contributed by atoms with Crippen molar-refractivity contribution < 1.29 is 4.42 Å². The van der Waals surface area contributed by atoms with Crippen molar-refractivity contribution in [2.75, 3.05) is 0 Å². The highest BCUT2D eigenvalue weighted by Gasteiger charge is 2.47. The molecule has 0 bridgehead atoms. The van der Waals surface area contributed by atoms with E-state index in [2.05, 4.69) is 138 Å². The van der Waals surface area contributed by atoms with E-state index in [0.717, 1.165) is 44.3 Å². The quantitative estimate of drug-likeness (QED) is 0.177. The van der Waals surface area contributed by atoms with E-state index in [0.29, 0.717) is 23.2 Å². The van der Waals surface area contributed by atoms with Crippen molar-refractivity contribution in [2.45, 2.75) is 5.41 Å². The van der Waals surface area contributed by atoms with Gasteiger partial charge in [0.05, 0.1) is 5.41 Å². The number of furan rings is 1. The first kappa shape index (κ1) is 29.9. The van der Waals surface area contributed by atoms with Gasteiger partial charge in [-0.3, -0.25) is 4.98 Å². The molecule has 9 aromatic rings. The van der Waals surface area contributed by atoms with Crippen LogP contribution in [0.15, 0.2) is 187 Å². The highest BCUT2D eigenvalue weighted by atomic mass is 16.3. The highest BCUT2D eigenvalue weighted by Crippen LogP contribution is 2.58. The third-order valence-electron chi connectivity index (χ3n) is 10.1. The summed E-state index contributed by atoms with van der Waals surface area (Å²) in [5.41, 5.74) is 11.3. The standard InChI is InChI=1S/C47H30N4O/c1-3-15-35(16-4-1)47(36-17-5-2-6-18-36)39-21-9-8-19-37(39)43-38(20-11-22-40(43)47)45-49-44(32-26-24-31(25-27-32)34-14-12-28-48-30-34)50-46(51-45)42-29-33-13-7-10-23-41(33)52-42/h1-30H.